The molecule has 1 aromatic carbocycles. The quantitative estimate of drug-likeness (QED) is 0.922. The number of rotatable bonds is 5. The largest absolute Gasteiger partial charge is 0.481 e. The van der Waals surface area contributed by atoms with Crippen LogP contribution in [0.15, 0.2) is 36.7 Å². The predicted molar refractivity (Wildman–Crippen MR) is 82.5 cm³/mol. The van der Waals surface area contributed by atoms with E-state index in [2.05, 4.69) is 11.3 Å². The van der Waals surface area contributed by atoms with Gasteiger partial charge in [0.1, 0.15) is 0 Å². The van der Waals surface area contributed by atoms with E-state index in [4.69, 9.17) is 9.84 Å². The highest BCUT2D eigenvalue weighted by atomic mass is 16.5. The number of hydrogen-bond acceptors (Lipinski definition) is 3. The fourth-order valence-electron chi connectivity index (χ4n) is 2.80. The Morgan fingerprint density at radius 2 is 1.95 bits per heavy atom. The summed E-state index contributed by atoms with van der Waals surface area (Å²) in [7, 11) is 0. The van der Waals surface area contributed by atoms with E-state index in [1.165, 1.54) is 0 Å². The molecule has 0 spiro atoms. The standard InChI is InChI=1S/C17H20N2O3/c20-17(21)9-13-1-3-15(4-2-13)16-10-18-19(12-16)11-14-5-7-22-8-6-14/h1-4,10,12,14H,5-9,11H2,(H,20,21). The highest BCUT2D eigenvalue weighted by Crippen LogP contribution is 2.21. The lowest BCUT2D eigenvalue weighted by Crippen LogP contribution is -2.20. The minimum Gasteiger partial charge on any atom is -0.481 e. The van der Waals surface area contributed by atoms with Crippen molar-refractivity contribution in [2.24, 2.45) is 5.92 Å². The average Bonchev–Trinajstić information content (AvgIpc) is 2.97. The Bertz CT molecular complexity index is 628. The van der Waals surface area contributed by atoms with Gasteiger partial charge in [-0.3, -0.25) is 9.48 Å². The van der Waals surface area contributed by atoms with Crippen molar-refractivity contribution < 1.29 is 14.6 Å². The molecule has 2 heterocycles. The van der Waals surface area contributed by atoms with Crippen LogP contribution in [0.4, 0.5) is 0 Å². The van der Waals surface area contributed by atoms with E-state index in [0.717, 1.165) is 49.3 Å². The summed E-state index contributed by atoms with van der Waals surface area (Å²) in [5.41, 5.74) is 2.94. The second-order valence-electron chi connectivity index (χ2n) is 5.77. The van der Waals surface area contributed by atoms with E-state index in [1.54, 1.807) is 0 Å². The first kappa shape index (κ1) is 14.8. The first-order chi connectivity index (χ1) is 10.7. The molecule has 5 heteroatoms. The van der Waals surface area contributed by atoms with Gasteiger partial charge in [0.25, 0.3) is 0 Å². The highest BCUT2D eigenvalue weighted by molar-refractivity contribution is 5.71. The Morgan fingerprint density at radius 1 is 1.23 bits per heavy atom. The summed E-state index contributed by atoms with van der Waals surface area (Å²) in [6.07, 6.45) is 6.18. The molecule has 0 saturated carbocycles. The summed E-state index contributed by atoms with van der Waals surface area (Å²) in [6.45, 7) is 2.63. The Hall–Kier alpha value is -2.14. The normalized spacial score (nSPS) is 15.8. The van der Waals surface area contributed by atoms with Crippen LogP contribution in [0.25, 0.3) is 11.1 Å². The number of carboxylic acid groups (broad SMARTS) is 1. The van der Waals surface area contributed by atoms with Gasteiger partial charge in [-0.15, -0.1) is 0 Å². The van der Waals surface area contributed by atoms with Crippen LogP contribution in [0.3, 0.4) is 0 Å². The van der Waals surface area contributed by atoms with E-state index in [0.29, 0.717) is 5.92 Å². The van der Waals surface area contributed by atoms with Crippen molar-refractivity contribution >= 4 is 5.97 Å². The van der Waals surface area contributed by atoms with Gasteiger partial charge in [0.2, 0.25) is 0 Å². The molecule has 0 unspecified atom stereocenters. The van der Waals surface area contributed by atoms with Gasteiger partial charge in [-0.25, -0.2) is 0 Å². The van der Waals surface area contributed by atoms with Crippen molar-refractivity contribution in [3.8, 4) is 11.1 Å². The Labute approximate surface area is 129 Å². The molecular weight excluding hydrogens is 280 g/mol. The first-order valence-corrected chi connectivity index (χ1v) is 7.62. The maximum absolute atomic E-state index is 10.7. The average molecular weight is 300 g/mol. The topological polar surface area (TPSA) is 64.3 Å². The molecule has 116 valence electrons. The van der Waals surface area contributed by atoms with Crippen molar-refractivity contribution in [3.05, 3.63) is 42.2 Å². The predicted octanol–water partition coefficient (Wildman–Crippen LogP) is 2.60. The highest BCUT2D eigenvalue weighted by Gasteiger charge is 2.15. The van der Waals surface area contributed by atoms with E-state index in [1.807, 2.05) is 35.1 Å². The van der Waals surface area contributed by atoms with Crippen molar-refractivity contribution in [1.29, 1.82) is 0 Å². The molecule has 1 fully saturated rings. The van der Waals surface area contributed by atoms with Crippen molar-refractivity contribution in [2.45, 2.75) is 25.8 Å². The lowest BCUT2D eigenvalue weighted by Gasteiger charge is -2.21. The molecule has 0 atom stereocenters. The number of hydrogen-bond donors (Lipinski definition) is 1. The second kappa shape index (κ2) is 6.75. The molecule has 1 saturated heterocycles. The van der Waals surface area contributed by atoms with Gasteiger partial charge in [0.05, 0.1) is 12.6 Å². The molecule has 1 aliphatic heterocycles. The molecule has 1 N–H and O–H groups in total. The molecule has 0 amide bonds. The monoisotopic (exact) mass is 300 g/mol. The number of benzene rings is 1. The molecule has 0 bridgehead atoms. The third-order valence-electron chi connectivity index (χ3n) is 4.06. The Kier molecular flexibility index (Phi) is 4.53. The van der Waals surface area contributed by atoms with Crippen LogP contribution < -0.4 is 0 Å². The number of carboxylic acids is 1. The summed E-state index contributed by atoms with van der Waals surface area (Å²) in [5.74, 6) is -0.170. The second-order valence-corrected chi connectivity index (χ2v) is 5.77. The van der Waals surface area contributed by atoms with Gasteiger partial charge in [-0.05, 0) is 29.9 Å². The van der Waals surface area contributed by atoms with Gasteiger partial charge in [-0.1, -0.05) is 24.3 Å². The van der Waals surface area contributed by atoms with Crippen LogP contribution in [-0.2, 0) is 22.5 Å². The molecule has 5 nitrogen and oxygen atoms in total. The van der Waals surface area contributed by atoms with Gasteiger partial charge in [0.15, 0.2) is 0 Å². The zero-order valence-electron chi connectivity index (χ0n) is 12.4. The van der Waals surface area contributed by atoms with E-state index >= 15 is 0 Å². The fraction of sp³-hybridized carbons (Fsp3) is 0.412. The molecular formula is C17H20N2O3. The Morgan fingerprint density at radius 3 is 2.64 bits per heavy atom. The third kappa shape index (κ3) is 3.74. The summed E-state index contributed by atoms with van der Waals surface area (Å²) >= 11 is 0. The SMILES string of the molecule is O=C(O)Cc1ccc(-c2cnn(CC3CCOCC3)c2)cc1. The molecule has 0 radical (unpaired) electrons. The zero-order valence-corrected chi connectivity index (χ0v) is 12.4. The molecule has 1 aromatic heterocycles. The zero-order chi connectivity index (χ0) is 15.4. The van der Waals surface area contributed by atoms with Crippen LogP contribution in [0.2, 0.25) is 0 Å². The smallest absolute Gasteiger partial charge is 0.307 e. The maximum Gasteiger partial charge on any atom is 0.307 e. The summed E-state index contributed by atoms with van der Waals surface area (Å²) in [6, 6.07) is 7.63. The third-order valence-corrected chi connectivity index (χ3v) is 4.06. The number of carbonyl (C=O) groups is 1. The van der Waals surface area contributed by atoms with Gasteiger partial charge < -0.3 is 9.84 Å². The van der Waals surface area contributed by atoms with Crippen LogP contribution in [0.1, 0.15) is 18.4 Å². The molecule has 1 aliphatic rings. The number of aliphatic carboxylic acids is 1. The van der Waals surface area contributed by atoms with Crippen LogP contribution in [0, 0.1) is 5.92 Å². The van der Waals surface area contributed by atoms with Crippen LogP contribution in [-0.4, -0.2) is 34.1 Å². The first-order valence-electron chi connectivity index (χ1n) is 7.62. The summed E-state index contributed by atoms with van der Waals surface area (Å²) in [4.78, 5) is 10.7. The van der Waals surface area contributed by atoms with Crippen molar-refractivity contribution in [1.82, 2.24) is 9.78 Å². The minimum atomic E-state index is -0.808. The lowest BCUT2D eigenvalue weighted by molar-refractivity contribution is -0.136. The van der Waals surface area contributed by atoms with Crippen molar-refractivity contribution in [3.63, 3.8) is 0 Å². The number of ether oxygens (including phenoxy) is 1. The fourth-order valence-corrected chi connectivity index (χ4v) is 2.80. The van der Waals surface area contributed by atoms with E-state index in [9.17, 15) is 4.79 Å². The van der Waals surface area contributed by atoms with Gasteiger partial charge in [0, 0.05) is 31.5 Å². The Balaban J connectivity index is 1.66. The van der Waals surface area contributed by atoms with Crippen LogP contribution >= 0.6 is 0 Å². The summed E-state index contributed by atoms with van der Waals surface area (Å²) in [5, 5.41) is 13.2. The molecule has 22 heavy (non-hydrogen) atoms. The van der Waals surface area contributed by atoms with Gasteiger partial charge >= 0.3 is 5.97 Å². The summed E-state index contributed by atoms with van der Waals surface area (Å²) < 4.78 is 7.38. The molecule has 3 rings (SSSR count). The molecule has 0 aliphatic carbocycles. The van der Waals surface area contributed by atoms with E-state index in [-0.39, 0.29) is 6.42 Å². The maximum atomic E-state index is 10.7. The number of nitrogens with zero attached hydrogens (tertiary/aromatic N) is 2. The number of aromatic nitrogens is 2. The lowest BCUT2D eigenvalue weighted by atomic mass is 10.0. The van der Waals surface area contributed by atoms with Crippen molar-refractivity contribution in [2.75, 3.05) is 13.2 Å². The van der Waals surface area contributed by atoms with Gasteiger partial charge in [-0.2, -0.15) is 5.10 Å². The molecule has 2 aromatic rings. The minimum absolute atomic E-state index is 0.0588. The van der Waals surface area contributed by atoms with E-state index < -0.39 is 5.97 Å². The van der Waals surface area contributed by atoms with Crippen LogP contribution in [0.5, 0.6) is 0 Å².